The molecule has 21 heavy (non-hydrogen) atoms. The van der Waals surface area contributed by atoms with Crippen molar-refractivity contribution < 1.29 is 4.79 Å². The number of hydrogen-bond donors (Lipinski definition) is 2. The van der Waals surface area contributed by atoms with Crippen molar-refractivity contribution in [3.05, 3.63) is 29.8 Å². The van der Waals surface area contributed by atoms with Gasteiger partial charge >= 0.3 is 0 Å². The Hall–Kier alpha value is -1.00. The molecule has 1 aromatic rings. The summed E-state index contributed by atoms with van der Waals surface area (Å²) in [5.41, 5.74) is 2.07. The number of carbonyl (C=O) groups is 1. The third kappa shape index (κ3) is 4.75. The maximum absolute atomic E-state index is 11.2. The number of nitrogens with one attached hydrogen (secondary N) is 2. The highest BCUT2D eigenvalue weighted by Gasteiger charge is 2.30. The maximum atomic E-state index is 11.2. The van der Waals surface area contributed by atoms with Crippen LogP contribution in [-0.4, -0.2) is 23.5 Å². The van der Waals surface area contributed by atoms with Crippen LogP contribution >= 0.6 is 11.8 Å². The van der Waals surface area contributed by atoms with Crippen molar-refractivity contribution in [3.63, 3.8) is 0 Å². The maximum Gasteiger partial charge on any atom is 0.221 e. The third-order valence-electron chi connectivity index (χ3n) is 4.29. The van der Waals surface area contributed by atoms with Crippen LogP contribution in [0, 0.1) is 0 Å². The first-order valence-corrected chi connectivity index (χ1v) is 8.99. The van der Waals surface area contributed by atoms with Gasteiger partial charge in [-0.2, -0.15) is 11.8 Å². The topological polar surface area (TPSA) is 41.1 Å². The highest BCUT2D eigenvalue weighted by Crippen LogP contribution is 2.38. The van der Waals surface area contributed by atoms with Crippen LogP contribution in [0.5, 0.6) is 0 Å². The van der Waals surface area contributed by atoms with Crippen LogP contribution in [0.4, 0.5) is 5.69 Å². The summed E-state index contributed by atoms with van der Waals surface area (Å²) in [5.74, 6) is -0.0182. The SMILES string of the molecule is CSC1(CNCc2ccccc2NC(C)=O)CCCCC1. The molecule has 0 aromatic heterocycles. The second kappa shape index (κ2) is 7.85. The highest BCUT2D eigenvalue weighted by atomic mass is 32.2. The summed E-state index contributed by atoms with van der Waals surface area (Å²) >= 11 is 2.01. The largest absolute Gasteiger partial charge is 0.326 e. The molecule has 2 N–H and O–H groups in total. The molecule has 4 heteroatoms. The summed E-state index contributed by atoms with van der Waals surface area (Å²) in [4.78, 5) is 11.2. The minimum absolute atomic E-state index is 0.0182. The molecule has 2 rings (SSSR count). The fourth-order valence-electron chi connectivity index (χ4n) is 3.06. The fourth-order valence-corrected chi connectivity index (χ4v) is 4.00. The van der Waals surface area contributed by atoms with E-state index in [4.69, 9.17) is 0 Å². The van der Waals surface area contributed by atoms with Crippen LogP contribution in [0.1, 0.15) is 44.6 Å². The lowest BCUT2D eigenvalue weighted by atomic mass is 9.88. The Morgan fingerprint density at radius 3 is 2.62 bits per heavy atom. The summed E-state index contributed by atoms with van der Waals surface area (Å²) in [7, 11) is 0. The van der Waals surface area contributed by atoms with Crippen LogP contribution in [0.15, 0.2) is 24.3 Å². The number of benzene rings is 1. The monoisotopic (exact) mass is 306 g/mol. The van der Waals surface area contributed by atoms with Gasteiger partial charge in [0.25, 0.3) is 0 Å². The van der Waals surface area contributed by atoms with Crippen molar-refractivity contribution in [1.82, 2.24) is 5.32 Å². The second-order valence-electron chi connectivity index (χ2n) is 5.89. The van der Waals surface area contributed by atoms with Crippen molar-refractivity contribution >= 4 is 23.4 Å². The van der Waals surface area contributed by atoms with Gasteiger partial charge in [-0.05, 0) is 30.7 Å². The number of para-hydroxylation sites is 1. The molecule has 0 heterocycles. The molecule has 1 amide bonds. The summed E-state index contributed by atoms with van der Waals surface area (Å²) < 4.78 is 0.404. The van der Waals surface area contributed by atoms with Crippen LogP contribution in [0.25, 0.3) is 0 Å². The van der Waals surface area contributed by atoms with E-state index in [1.165, 1.54) is 32.1 Å². The van der Waals surface area contributed by atoms with Gasteiger partial charge < -0.3 is 10.6 Å². The van der Waals surface area contributed by atoms with E-state index in [1.54, 1.807) is 6.92 Å². The van der Waals surface area contributed by atoms with Crippen molar-refractivity contribution in [1.29, 1.82) is 0 Å². The van der Waals surface area contributed by atoms with Crippen LogP contribution < -0.4 is 10.6 Å². The van der Waals surface area contributed by atoms with Gasteiger partial charge in [0.05, 0.1) is 0 Å². The summed E-state index contributed by atoms with van der Waals surface area (Å²) in [6, 6.07) is 8.01. The van der Waals surface area contributed by atoms with Gasteiger partial charge in [0, 0.05) is 30.4 Å². The lowest BCUT2D eigenvalue weighted by Crippen LogP contribution is -2.39. The molecule has 1 aliphatic carbocycles. The molecule has 1 aromatic carbocycles. The lowest BCUT2D eigenvalue weighted by Gasteiger charge is -2.36. The Balaban J connectivity index is 1.92. The van der Waals surface area contributed by atoms with E-state index in [-0.39, 0.29) is 5.91 Å². The van der Waals surface area contributed by atoms with E-state index < -0.39 is 0 Å². The van der Waals surface area contributed by atoms with Gasteiger partial charge in [0.2, 0.25) is 5.91 Å². The van der Waals surface area contributed by atoms with E-state index in [0.717, 1.165) is 24.3 Å². The molecule has 0 atom stereocenters. The number of anilines is 1. The standard InChI is InChI=1S/C17H26N2OS/c1-14(20)19-16-9-5-4-8-15(16)12-18-13-17(21-2)10-6-3-7-11-17/h4-5,8-9,18H,3,6-7,10-13H2,1-2H3,(H,19,20). The van der Waals surface area contributed by atoms with Gasteiger partial charge in [-0.25, -0.2) is 0 Å². The van der Waals surface area contributed by atoms with E-state index in [1.807, 2.05) is 30.0 Å². The molecular weight excluding hydrogens is 280 g/mol. The molecule has 3 nitrogen and oxygen atoms in total. The molecule has 1 aliphatic rings. The normalized spacial score (nSPS) is 17.4. The number of hydrogen-bond acceptors (Lipinski definition) is 3. The zero-order chi connectivity index (χ0) is 15.1. The molecule has 1 saturated carbocycles. The predicted molar refractivity (Wildman–Crippen MR) is 91.8 cm³/mol. The van der Waals surface area contributed by atoms with E-state index >= 15 is 0 Å². The second-order valence-corrected chi connectivity index (χ2v) is 7.16. The van der Waals surface area contributed by atoms with Gasteiger partial charge in [0.15, 0.2) is 0 Å². The minimum atomic E-state index is -0.0182. The predicted octanol–water partition coefficient (Wildman–Crippen LogP) is 3.80. The third-order valence-corrected chi connectivity index (χ3v) is 5.71. The smallest absolute Gasteiger partial charge is 0.221 e. The van der Waals surface area contributed by atoms with Crippen molar-refractivity contribution in [3.8, 4) is 0 Å². The van der Waals surface area contributed by atoms with E-state index in [2.05, 4.69) is 23.0 Å². The Bertz CT molecular complexity index is 470. The van der Waals surface area contributed by atoms with Crippen molar-refractivity contribution in [2.75, 3.05) is 18.1 Å². The summed E-state index contributed by atoms with van der Waals surface area (Å²) in [6.07, 6.45) is 8.95. The Morgan fingerprint density at radius 2 is 1.95 bits per heavy atom. The molecule has 0 bridgehead atoms. The van der Waals surface area contributed by atoms with Crippen LogP contribution in [-0.2, 0) is 11.3 Å². The van der Waals surface area contributed by atoms with Crippen molar-refractivity contribution in [2.45, 2.75) is 50.3 Å². The average molecular weight is 306 g/mol. The summed E-state index contributed by atoms with van der Waals surface area (Å²) in [5, 5.41) is 6.51. The average Bonchev–Trinajstić information content (AvgIpc) is 2.49. The first-order chi connectivity index (χ1) is 10.2. The molecular formula is C17H26N2OS. The van der Waals surface area contributed by atoms with Gasteiger partial charge in [0.1, 0.15) is 0 Å². The Kier molecular flexibility index (Phi) is 6.12. The fraction of sp³-hybridized carbons (Fsp3) is 0.588. The molecule has 0 radical (unpaired) electrons. The zero-order valence-electron chi connectivity index (χ0n) is 13.1. The molecule has 0 unspecified atom stereocenters. The highest BCUT2D eigenvalue weighted by molar-refractivity contribution is 8.00. The zero-order valence-corrected chi connectivity index (χ0v) is 13.9. The van der Waals surface area contributed by atoms with Crippen LogP contribution in [0.3, 0.4) is 0 Å². The van der Waals surface area contributed by atoms with Crippen molar-refractivity contribution in [2.24, 2.45) is 0 Å². The lowest BCUT2D eigenvalue weighted by molar-refractivity contribution is -0.114. The first kappa shape index (κ1) is 16.4. The number of amides is 1. The molecule has 0 saturated heterocycles. The number of carbonyl (C=O) groups excluding carboxylic acids is 1. The van der Waals surface area contributed by atoms with Gasteiger partial charge in [-0.1, -0.05) is 37.5 Å². The minimum Gasteiger partial charge on any atom is -0.326 e. The summed E-state index contributed by atoms with van der Waals surface area (Å²) in [6.45, 7) is 3.40. The van der Waals surface area contributed by atoms with Gasteiger partial charge in [-0.15, -0.1) is 0 Å². The van der Waals surface area contributed by atoms with E-state index in [9.17, 15) is 4.79 Å². The molecule has 1 fully saturated rings. The molecule has 0 aliphatic heterocycles. The number of thioether (sulfide) groups is 1. The molecule has 0 spiro atoms. The quantitative estimate of drug-likeness (QED) is 0.840. The van der Waals surface area contributed by atoms with Gasteiger partial charge in [-0.3, -0.25) is 4.79 Å². The number of rotatable bonds is 6. The van der Waals surface area contributed by atoms with Crippen LogP contribution in [0.2, 0.25) is 0 Å². The molecule has 116 valence electrons. The van der Waals surface area contributed by atoms with E-state index in [0.29, 0.717) is 4.75 Å². The first-order valence-electron chi connectivity index (χ1n) is 7.77. The Morgan fingerprint density at radius 1 is 1.24 bits per heavy atom. The Labute approximate surface area is 132 Å².